The Balaban J connectivity index is 2.01. The van der Waals surface area contributed by atoms with E-state index in [4.69, 9.17) is 10.2 Å². The van der Waals surface area contributed by atoms with Crippen molar-refractivity contribution < 1.29 is 4.42 Å². The van der Waals surface area contributed by atoms with Crippen LogP contribution in [0, 0.1) is 12.8 Å². The predicted molar refractivity (Wildman–Crippen MR) is 65.3 cm³/mol. The Bertz CT molecular complexity index is 521. The molecular weight excluding hydrogens is 214 g/mol. The lowest BCUT2D eigenvalue weighted by Gasteiger charge is -2.21. The molecule has 1 atom stereocenters. The SMILES string of the molecule is Cc1[nH]c(C(C)(N)C2CC2)nc1-c1ccco1. The molecule has 0 radical (unpaired) electrons. The van der Waals surface area contributed by atoms with Gasteiger partial charge in [0.15, 0.2) is 5.76 Å². The molecule has 0 aliphatic heterocycles. The molecule has 1 aliphatic carbocycles. The number of hydrogen-bond acceptors (Lipinski definition) is 3. The minimum atomic E-state index is -0.352. The minimum Gasteiger partial charge on any atom is -0.463 e. The lowest BCUT2D eigenvalue weighted by molar-refractivity contribution is 0.403. The summed E-state index contributed by atoms with van der Waals surface area (Å²) < 4.78 is 5.38. The van der Waals surface area contributed by atoms with Gasteiger partial charge in [-0.25, -0.2) is 4.98 Å². The summed E-state index contributed by atoms with van der Waals surface area (Å²) in [4.78, 5) is 7.91. The molecule has 0 aromatic carbocycles. The van der Waals surface area contributed by atoms with Crippen molar-refractivity contribution in [3.63, 3.8) is 0 Å². The Morgan fingerprint density at radius 2 is 2.29 bits per heavy atom. The summed E-state index contributed by atoms with van der Waals surface area (Å²) in [6.07, 6.45) is 4.05. The van der Waals surface area contributed by atoms with E-state index in [0.717, 1.165) is 23.0 Å². The van der Waals surface area contributed by atoms with Gasteiger partial charge in [0.1, 0.15) is 11.5 Å². The predicted octanol–water partition coefficient (Wildman–Crippen LogP) is 2.56. The van der Waals surface area contributed by atoms with Gasteiger partial charge in [-0.15, -0.1) is 0 Å². The van der Waals surface area contributed by atoms with E-state index in [-0.39, 0.29) is 5.54 Å². The first kappa shape index (κ1) is 10.6. The van der Waals surface area contributed by atoms with Gasteiger partial charge < -0.3 is 15.1 Å². The topological polar surface area (TPSA) is 67.8 Å². The van der Waals surface area contributed by atoms with E-state index in [1.54, 1.807) is 6.26 Å². The van der Waals surface area contributed by atoms with Crippen LogP contribution >= 0.6 is 0 Å². The fraction of sp³-hybridized carbons (Fsp3) is 0.462. The molecule has 2 aromatic rings. The van der Waals surface area contributed by atoms with Crippen LogP contribution in [0.25, 0.3) is 11.5 Å². The molecule has 1 saturated carbocycles. The smallest absolute Gasteiger partial charge is 0.154 e. The Hall–Kier alpha value is -1.55. The number of furan rings is 1. The second kappa shape index (κ2) is 3.47. The highest BCUT2D eigenvalue weighted by Crippen LogP contribution is 2.43. The van der Waals surface area contributed by atoms with Gasteiger partial charge in [-0.2, -0.15) is 0 Å². The summed E-state index contributed by atoms with van der Waals surface area (Å²) in [5.74, 6) is 2.21. The van der Waals surface area contributed by atoms with Gasteiger partial charge >= 0.3 is 0 Å². The van der Waals surface area contributed by atoms with Crippen molar-refractivity contribution in [1.82, 2.24) is 9.97 Å². The first-order chi connectivity index (χ1) is 8.09. The highest BCUT2D eigenvalue weighted by molar-refractivity contribution is 5.55. The Morgan fingerprint density at radius 1 is 1.53 bits per heavy atom. The summed E-state index contributed by atoms with van der Waals surface area (Å²) in [6, 6.07) is 3.78. The van der Waals surface area contributed by atoms with Crippen LogP contribution in [0.15, 0.2) is 22.8 Å². The third-order valence-corrected chi connectivity index (χ3v) is 3.57. The number of aromatic nitrogens is 2. The maximum Gasteiger partial charge on any atom is 0.154 e. The lowest BCUT2D eigenvalue weighted by Crippen LogP contribution is -2.36. The van der Waals surface area contributed by atoms with Crippen molar-refractivity contribution in [3.8, 4) is 11.5 Å². The van der Waals surface area contributed by atoms with E-state index in [1.165, 1.54) is 12.8 Å². The summed E-state index contributed by atoms with van der Waals surface area (Å²) in [7, 11) is 0. The fourth-order valence-electron chi connectivity index (χ4n) is 2.25. The number of aryl methyl sites for hydroxylation is 1. The highest BCUT2D eigenvalue weighted by atomic mass is 16.3. The van der Waals surface area contributed by atoms with Crippen molar-refractivity contribution in [2.75, 3.05) is 0 Å². The van der Waals surface area contributed by atoms with Crippen LogP contribution in [-0.4, -0.2) is 9.97 Å². The van der Waals surface area contributed by atoms with Gasteiger partial charge in [0, 0.05) is 5.69 Å². The third-order valence-electron chi connectivity index (χ3n) is 3.57. The molecule has 4 heteroatoms. The van der Waals surface area contributed by atoms with Crippen LogP contribution < -0.4 is 5.73 Å². The average Bonchev–Trinajstić information content (AvgIpc) is 2.87. The molecule has 4 nitrogen and oxygen atoms in total. The largest absolute Gasteiger partial charge is 0.463 e. The van der Waals surface area contributed by atoms with Gasteiger partial charge in [0.2, 0.25) is 0 Å². The zero-order valence-corrected chi connectivity index (χ0v) is 10.2. The Morgan fingerprint density at radius 3 is 2.88 bits per heavy atom. The van der Waals surface area contributed by atoms with Gasteiger partial charge in [0.25, 0.3) is 0 Å². The number of imidazole rings is 1. The molecular formula is C13H17N3O. The van der Waals surface area contributed by atoms with Crippen LogP contribution in [0.4, 0.5) is 0 Å². The minimum absolute atomic E-state index is 0.352. The zero-order chi connectivity index (χ0) is 12.0. The van der Waals surface area contributed by atoms with Crippen molar-refractivity contribution in [1.29, 1.82) is 0 Å². The van der Waals surface area contributed by atoms with Crippen LogP contribution in [0.3, 0.4) is 0 Å². The van der Waals surface area contributed by atoms with Gasteiger partial charge in [0.05, 0.1) is 11.8 Å². The van der Waals surface area contributed by atoms with E-state index < -0.39 is 0 Å². The Labute approximate surface area is 100 Å². The summed E-state index contributed by atoms with van der Waals surface area (Å²) >= 11 is 0. The average molecular weight is 231 g/mol. The molecule has 1 unspecified atom stereocenters. The molecule has 3 N–H and O–H groups in total. The molecule has 1 fully saturated rings. The third kappa shape index (κ3) is 1.69. The first-order valence-corrected chi connectivity index (χ1v) is 5.99. The molecule has 0 bridgehead atoms. The van der Waals surface area contributed by atoms with Crippen molar-refractivity contribution in [2.24, 2.45) is 11.7 Å². The number of rotatable bonds is 3. The van der Waals surface area contributed by atoms with Gasteiger partial charge in [-0.3, -0.25) is 0 Å². The zero-order valence-electron chi connectivity index (χ0n) is 10.2. The number of aromatic amines is 1. The molecule has 0 amide bonds. The van der Waals surface area contributed by atoms with E-state index >= 15 is 0 Å². The molecule has 3 rings (SSSR count). The molecule has 0 spiro atoms. The van der Waals surface area contributed by atoms with E-state index in [2.05, 4.69) is 16.9 Å². The highest BCUT2D eigenvalue weighted by Gasteiger charge is 2.42. The first-order valence-electron chi connectivity index (χ1n) is 5.99. The molecule has 2 heterocycles. The standard InChI is InChI=1S/C13H17N3O/c1-8-11(10-4-3-7-17-10)16-12(15-8)13(2,14)9-5-6-9/h3-4,7,9H,5-6,14H2,1-2H3,(H,15,16). The summed E-state index contributed by atoms with van der Waals surface area (Å²) in [6.45, 7) is 4.05. The fourth-order valence-corrected chi connectivity index (χ4v) is 2.25. The van der Waals surface area contributed by atoms with Crippen LogP contribution in [-0.2, 0) is 5.54 Å². The summed E-state index contributed by atoms with van der Waals surface area (Å²) in [5.41, 5.74) is 7.87. The number of nitrogens with zero attached hydrogens (tertiary/aromatic N) is 1. The number of hydrogen-bond donors (Lipinski definition) is 2. The van der Waals surface area contributed by atoms with Crippen molar-refractivity contribution in [3.05, 3.63) is 29.9 Å². The maximum atomic E-state index is 6.35. The second-order valence-corrected chi connectivity index (χ2v) is 5.09. The van der Waals surface area contributed by atoms with E-state index in [9.17, 15) is 0 Å². The molecule has 90 valence electrons. The molecule has 0 saturated heterocycles. The molecule has 1 aliphatic rings. The maximum absolute atomic E-state index is 6.35. The van der Waals surface area contributed by atoms with Crippen molar-refractivity contribution >= 4 is 0 Å². The van der Waals surface area contributed by atoms with Crippen molar-refractivity contribution in [2.45, 2.75) is 32.2 Å². The monoisotopic (exact) mass is 231 g/mol. The Kier molecular flexibility index (Phi) is 2.16. The normalized spacial score (nSPS) is 19.2. The van der Waals surface area contributed by atoms with E-state index in [0.29, 0.717) is 5.92 Å². The summed E-state index contributed by atoms with van der Waals surface area (Å²) in [5, 5.41) is 0. The van der Waals surface area contributed by atoms with Gasteiger partial charge in [-0.1, -0.05) is 0 Å². The number of nitrogens with one attached hydrogen (secondary N) is 1. The van der Waals surface area contributed by atoms with Crippen LogP contribution in [0.2, 0.25) is 0 Å². The number of H-pyrrole nitrogens is 1. The molecule has 2 aromatic heterocycles. The van der Waals surface area contributed by atoms with Crippen LogP contribution in [0.5, 0.6) is 0 Å². The molecule has 17 heavy (non-hydrogen) atoms. The quantitative estimate of drug-likeness (QED) is 0.853. The lowest BCUT2D eigenvalue weighted by atomic mass is 9.97. The van der Waals surface area contributed by atoms with Crippen LogP contribution in [0.1, 0.15) is 31.3 Å². The van der Waals surface area contributed by atoms with Gasteiger partial charge in [-0.05, 0) is 44.7 Å². The number of nitrogens with two attached hydrogens (primary N) is 1. The van der Waals surface area contributed by atoms with E-state index in [1.807, 2.05) is 19.1 Å². The second-order valence-electron chi connectivity index (χ2n) is 5.09.